The van der Waals surface area contributed by atoms with Crippen molar-refractivity contribution in [2.24, 2.45) is 5.92 Å². The highest BCUT2D eigenvalue weighted by atomic mass is 16.4. The highest BCUT2D eigenvalue weighted by Gasteiger charge is 2.36. The molecule has 0 aliphatic carbocycles. The minimum absolute atomic E-state index is 0.114. The van der Waals surface area contributed by atoms with Gasteiger partial charge in [0.05, 0.1) is 5.92 Å². The zero-order chi connectivity index (χ0) is 11.7. The molecule has 1 aliphatic rings. The van der Waals surface area contributed by atoms with Crippen LogP contribution in [0.1, 0.15) is 10.5 Å². The molecule has 0 saturated carbocycles. The number of hydrogen-bond donors (Lipinski definition) is 2. The summed E-state index contributed by atoms with van der Waals surface area (Å²) >= 11 is 0. The van der Waals surface area contributed by atoms with E-state index in [0.717, 1.165) is 0 Å². The maximum atomic E-state index is 11.7. The first-order valence-corrected chi connectivity index (χ1v) is 4.66. The van der Waals surface area contributed by atoms with Gasteiger partial charge in [-0.05, 0) is 6.07 Å². The molecule has 16 heavy (non-hydrogen) atoms. The molecule has 0 aromatic carbocycles. The second kappa shape index (κ2) is 3.76. The zero-order valence-electron chi connectivity index (χ0n) is 8.21. The fraction of sp³-hybridized carbons (Fsp3) is 0.333. The average molecular weight is 223 g/mol. The van der Waals surface area contributed by atoms with Gasteiger partial charge in [-0.1, -0.05) is 0 Å². The van der Waals surface area contributed by atoms with E-state index in [1.54, 1.807) is 0 Å². The van der Waals surface area contributed by atoms with Crippen molar-refractivity contribution in [1.29, 1.82) is 0 Å². The first-order chi connectivity index (χ1) is 7.58. The normalized spacial score (nSPS) is 15.6. The lowest BCUT2D eigenvalue weighted by atomic mass is 10.0. The summed E-state index contributed by atoms with van der Waals surface area (Å²) in [6.07, 6.45) is 0. The van der Waals surface area contributed by atoms with Crippen LogP contribution in [0.5, 0.6) is 0 Å². The third-order valence-electron chi connectivity index (χ3n) is 2.42. The monoisotopic (exact) mass is 223 g/mol. The SMILES string of the molecule is O=C(O)C1CN(C(=O)c2ccc(=O)[nH]n2)C1. The highest BCUT2D eigenvalue weighted by molar-refractivity contribution is 5.93. The van der Waals surface area contributed by atoms with E-state index in [9.17, 15) is 14.4 Å². The summed E-state index contributed by atoms with van der Waals surface area (Å²) in [4.78, 5) is 34.3. The summed E-state index contributed by atoms with van der Waals surface area (Å²) in [5.41, 5.74) is -0.271. The summed E-state index contributed by atoms with van der Waals surface area (Å²) in [5, 5.41) is 14.4. The van der Waals surface area contributed by atoms with Crippen molar-refractivity contribution in [1.82, 2.24) is 15.1 Å². The van der Waals surface area contributed by atoms with Gasteiger partial charge in [-0.25, -0.2) is 5.10 Å². The van der Waals surface area contributed by atoms with Gasteiger partial charge in [0.2, 0.25) is 0 Å². The van der Waals surface area contributed by atoms with E-state index in [0.29, 0.717) is 0 Å². The van der Waals surface area contributed by atoms with E-state index in [4.69, 9.17) is 5.11 Å². The van der Waals surface area contributed by atoms with Gasteiger partial charge in [0.25, 0.3) is 11.5 Å². The summed E-state index contributed by atoms with van der Waals surface area (Å²) in [7, 11) is 0. The summed E-state index contributed by atoms with van der Waals surface area (Å²) < 4.78 is 0. The second-order valence-electron chi connectivity index (χ2n) is 3.55. The molecule has 7 nitrogen and oxygen atoms in total. The number of hydrogen-bond acceptors (Lipinski definition) is 4. The molecule has 1 aromatic heterocycles. The number of aromatic nitrogens is 2. The second-order valence-corrected chi connectivity index (χ2v) is 3.55. The Morgan fingerprint density at radius 2 is 2.12 bits per heavy atom. The van der Waals surface area contributed by atoms with Gasteiger partial charge >= 0.3 is 5.97 Å². The molecule has 0 atom stereocenters. The Bertz CT molecular complexity index is 469. The van der Waals surface area contributed by atoms with Crippen molar-refractivity contribution in [2.45, 2.75) is 0 Å². The number of H-pyrrole nitrogens is 1. The standard InChI is InChI=1S/C9H9N3O4/c13-7-2-1-6(10-11-7)8(14)12-3-5(4-12)9(15)16/h1-2,5H,3-4H2,(H,11,13)(H,15,16). The molecular weight excluding hydrogens is 214 g/mol. The van der Waals surface area contributed by atoms with Crippen LogP contribution < -0.4 is 5.56 Å². The van der Waals surface area contributed by atoms with Gasteiger partial charge < -0.3 is 10.0 Å². The molecule has 2 rings (SSSR count). The van der Waals surface area contributed by atoms with E-state index >= 15 is 0 Å². The Morgan fingerprint density at radius 1 is 1.44 bits per heavy atom. The molecule has 1 saturated heterocycles. The number of carbonyl (C=O) groups is 2. The van der Waals surface area contributed by atoms with Crippen molar-refractivity contribution in [3.05, 3.63) is 28.2 Å². The lowest BCUT2D eigenvalue weighted by Gasteiger charge is -2.36. The molecule has 1 aliphatic heterocycles. The van der Waals surface area contributed by atoms with Crippen LogP contribution in [0.4, 0.5) is 0 Å². The number of rotatable bonds is 2. The van der Waals surface area contributed by atoms with Crippen molar-refractivity contribution >= 4 is 11.9 Å². The summed E-state index contributed by atoms with van der Waals surface area (Å²) in [6, 6.07) is 2.52. The quantitative estimate of drug-likeness (QED) is 0.664. The zero-order valence-corrected chi connectivity index (χ0v) is 8.21. The van der Waals surface area contributed by atoms with Gasteiger partial charge in [-0.3, -0.25) is 14.4 Å². The number of nitrogens with one attached hydrogen (secondary N) is 1. The highest BCUT2D eigenvalue weighted by Crippen LogP contribution is 2.17. The molecule has 0 bridgehead atoms. The topological polar surface area (TPSA) is 103 Å². The third-order valence-corrected chi connectivity index (χ3v) is 2.42. The van der Waals surface area contributed by atoms with E-state index in [2.05, 4.69) is 10.2 Å². The van der Waals surface area contributed by atoms with Crippen LogP contribution in [0, 0.1) is 5.92 Å². The molecule has 0 spiro atoms. The maximum absolute atomic E-state index is 11.7. The van der Waals surface area contributed by atoms with Crippen molar-refractivity contribution in [2.75, 3.05) is 13.1 Å². The lowest BCUT2D eigenvalue weighted by Crippen LogP contribution is -2.53. The Kier molecular flexibility index (Phi) is 2.43. The van der Waals surface area contributed by atoms with Gasteiger partial charge in [0, 0.05) is 19.2 Å². The first kappa shape index (κ1) is 10.3. The first-order valence-electron chi connectivity index (χ1n) is 4.66. The van der Waals surface area contributed by atoms with Crippen LogP contribution >= 0.6 is 0 Å². The molecule has 1 amide bonds. The van der Waals surface area contributed by atoms with Crippen LogP contribution in [0.3, 0.4) is 0 Å². The predicted octanol–water partition coefficient (Wildman–Crippen LogP) is -1.07. The van der Waals surface area contributed by atoms with Crippen LogP contribution in [-0.4, -0.2) is 45.2 Å². The van der Waals surface area contributed by atoms with E-state index in [1.165, 1.54) is 17.0 Å². The van der Waals surface area contributed by atoms with Crippen molar-refractivity contribution in [3.63, 3.8) is 0 Å². The Labute approximate surface area is 89.7 Å². The van der Waals surface area contributed by atoms with Crippen LogP contribution in [-0.2, 0) is 4.79 Å². The Hall–Kier alpha value is -2.18. The number of aromatic amines is 1. The molecule has 84 valence electrons. The maximum Gasteiger partial charge on any atom is 0.310 e. The number of carboxylic acids is 1. The van der Waals surface area contributed by atoms with Crippen molar-refractivity contribution in [3.8, 4) is 0 Å². The minimum Gasteiger partial charge on any atom is -0.481 e. The summed E-state index contributed by atoms with van der Waals surface area (Å²) in [6.45, 7) is 0.379. The van der Waals surface area contributed by atoms with Gasteiger partial charge in [0.15, 0.2) is 0 Å². The summed E-state index contributed by atoms with van der Waals surface area (Å²) in [5.74, 6) is -1.76. The van der Waals surface area contributed by atoms with Crippen LogP contribution in [0.2, 0.25) is 0 Å². The van der Waals surface area contributed by atoms with E-state index < -0.39 is 11.9 Å². The number of likely N-dealkylation sites (tertiary alicyclic amines) is 1. The van der Waals surface area contributed by atoms with Gasteiger partial charge in [-0.15, -0.1) is 0 Å². The molecule has 7 heteroatoms. The fourth-order valence-corrected chi connectivity index (χ4v) is 1.43. The van der Waals surface area contributed by atoms with Crippen LogP contribution in [0.25, 0.3) is 0 Å². The largest absolute Gasteiger partial charge is 0.481 e. The van der Waals surface area contributed by atoms with E-state index in [-0.39, 0.29) is 30.2 Å². The molecule has 0 unspecified atom stereocenters. The Morgan fingerprint density at radius 3 is 2.62 bits per heavy atom. The van der Waals surface area contributed by atoms with Crippen molar-refractivity contribution < 1.29 is 14.7 Å². The van der Waals surface area contributed by atoms with Gasteiger partial charge in [0.1, 0.15) is 5.69 Å². The smallest absolute Gasteiger partial charge is 0.310 e. The average Bonchev–Trinajstić information content (AvgIpc) is 2.15. The van der Waals surface area contributed by atoms with E-state index in [1.807, 2.05) is 0 Å². The number of aliphatic carboxylic acids is 1. The number of nitrogens with zero attached hydrogens (tertiary/aromatic N) is 2. The van der Waals surface area contributed by atoms with Gasteiger partial charge in [-0.2, -0.15) is 5.10 Å². The Balaban J connectivity index is 2.03. The fourth-order valence-electron chi connectivity index (χ4n) is 1.43. The lowest BCUT2D eigenvalue weighted by molar-refractivity contribution is -0.146. The molecule has 1 aromatic rings. The number of carboxylic acid groups (broad SMARTS) is 1. The predicted molar refractivity (Wildman–Crippen MR) is 51.9 cm³/mol. The third kappa shape index (κ3) is 1.79. The number of amides is 1. The molecule has 0 radical (unpaired) electrons. The minimum atomic E-state index is -0.904. The molecular formula is C9H9N3O4. The molecule has 2 heterocycles. The van der Waals surface area contributed by atoms with Crippen LogP contribution in [0.15, 0.2) is 16.9 Å². The molecule has 1 fully saturated rings. The molecule has 2 N–H and O–H groups in total. The number of carbonyl (C=O) groups excluding carboxylic acids is 1.